The van der Waals surface area contributed by atoms with Gasteiger partial charge in [-0.3, -0.25) is 9.78 Å². The predicted molar refractivity (Wildman–Crippen MR) is 62.4 cm³/mol. The molecule has 1 rings (SSSR count). The fraction of sp³-hybridized carbons (Fsp3) is 0.455. The van der Waals surface area contributed by atoms with Crippen molar-refractivity contribution < 1.29 is 9.53 Å². The van der Waals surface area contributed by atoms with Gasteiger partial charge in [0.2, 0.25) is 5.91 Å². The summed E-state index contributed by atoms with van der Waals surface area (Å²) in [5.41, 5.74) is 6.85. The van der Waals surface area contributed by atoms with E-state index in [1.165, 1.54) is 0 Å². The minimum Gasteiger partial charge on any atom is -0.493 e. The van der Waals surface area contributed by atoms with E-state index < -0.39 is 0 Å². The number of hydrogen-bond acceptors (Lipinski definition) is 4. The van der Waals surface area contributed by atoms with Crippen molar-refractivity contribution >= 4 is 11.6 Å². The van der Waals surface area contributed by atoms with Crippen molar-refractivity contribution in [1.29, 1.82) is 0 Å². The number of rotatable bonds is 6. The Hall–Kier alpha value is -1.78. The Bertz CT molecular complexity index is 366. The van der Waals surface area contributed by atoms with Gasteiger partial charge in [0, 0.05) is 18.7 Å². The van der Waals surface area contributed by atoms with Gasteiger partial charge < -0.3 is 15.8 Å². The van der Waals surface area contributed by atoms with E-state index in [4.69, 9.17) is 10.5 Å². The molecule has 1 amide bonds. The number of amides is 1. The molecule has 5 heteroatoms. The summed E-state index contributed by atoms with van der Waals surface area (Å²) in [5, 5.41) is 3.19. The number of nitrogens with two attached hydrogens (primary N) is 1. The van der Waals surface area contributed by atoms with E-state index in [-0.39, 0.29) is 5.91 Å². The smallest absolute Gasteiger partial charge is 0.217 e. The summed E-state index contributed by atoms with van der Waals surface area (Å²) >= 11 is 0. The lowest BCUT2D eigenvalue weighted by atomic mass is 10.2. The van der Waals surface area contributed by atoms with Crippen LogP contribution in [0.25, 0.3) is 0 Å². The minimum atomic E-state index is -0.278. The number of nitrogens with one attached hydrogen (secondary N) is 1. The molecule has 1 aromatic rings. The van der Waals surface area contributed by atoms with E-state index in [2.05, 4.69) is 10.3 Å². The summed E-state index contributed by atoms with van der Waals surface area (Å²) in [7, 11) is 1.60. The van der Waals surface area contributed by atoms with Gasteiger partial charge in [-0.1, -0.05) is 0 Å². The van der Waals surface area contributed by atoms with E-state index in [1.807, 2.05) is 13.0 Å². The molecule has 0 aromatic carbocycles. The van der Waals surface area contributed by atoms with Crippen molar-refractivity contribution in [2.75, 3.05) is 19.0 Å². The standard InChI is InChI=1S/C11H17N3O2/c1-8-6-9(10(16-2)7-14-8)13-5-3-4-11(12)15/h6-7H,3-5H2,1-2H3,(H2,12,15)(H,13,14). The number of methoxy groups -OCH3 is 1. The predicted octanol–water partition coefficient (Wildman–Crippen LogP) is 1.08. The van der Waals surface area contributed by atoms with E-state index >= 15 is 0 Å². The van der Waals surface area contributed by atoms with Gasteiger partial charge in [-0.05, 0) is 19.4 Å². The normalized spacial score (nSPS) is 9.88. The average Bonchev–Trinajstić information content (AvgIpc) is 2.24. The number of primary amides is 1. The molecule has 88 valence electrons. The second-order valence-corrected chi connectivity index (χ2v) is 3.52. The summed E-state index contributed by atoms with van der Waals surface area (Å²) < 4.78 is 5.16. The number of aromatic nitrogens is 1. The maximum absolute atomic E-state index is 10.5. The fourth-order valence-corrected chi connectivity index (χ4v) is 1.33. The zero-order valence-electron chi connectivity index (χ0n) is 9.62. The Kier molecular flexibility index (Phi) is 4.57. The Morgan fingerprint density at radius 2 is 2.38 bits per heavy atom. The number of carbonyl (C=O) groups excluding carboxylic acids is 1. The molecule has 0 aliphatic heterocycles. The molecule has 0 atom stereocenters. The molecular formula is C11H17N3O2. The van der Waals surface area contributed by atoms with Gasteiger partial charge >= 0.3 is 0 Å². The lowest BCUT2D eigenvalue weighted by molar-refractivity contribution is -0.118. The van der Waals surface area contributed by atoms with Gasteiger partial charge in [0.25, 0.3) is 0 Å². The summed E-state index contributed by atoms with van der Waals surface area (Å²) in [5.74, 6) is 0.421. The summed E-state index contributed by atoms with van der Waals surface area (Å²) in [4.78, 5) is 14.7. The van der Waals surface area contributed by atoms with E-state index in [1.54, 1.807) is 13.3 Å². The van der Waals surface area contributed by atoms with Crippen molar-refractivity contribution in [2.45, 2.75) is 19.8 Å². The summed E-state index contributed by atoms with van der Waals surface area (Å²) in [6.07, 6.45) is 2.77. The molecular weight excluding hydrogens is 206 g/mol. The highest BCUT2D eigenvalue weighted by molar-refractivity contribution is 5.73. The molecule has 0 aliphatic rings. The van der Waals surface area contributed by atoms with Crippen LogP contribution < -0.4 is 15.8 Å². The Labute approximate surface area is 95.0 Å². The van der Waals surface area contributed by atoms with Crippen LogP contribution in [0.3, 0.4) is 0 Å². The zero-order valence-corrected chi connectivity index (χ0v) is 9.62. The summed E-state index contributed by atoms with van der Waals surface area (Å²) in [6.45, 7) is 2.59. The highest BCUT2D eigenvalue weighted by Gasteiger charge is 2.03. The second-order valence-electron chi connectivity index (χ2n) is 3.52. The van der Waals surface area contributed by atoms with Crippen molar-refractivity contribution in [3.05, 3.63) is 18.0 Å². The molecule has 0 radical (unpaired) electrons. The molecule has 0 saturated heterocycles. The first-order valence-electron chi connectivity index (χ1n) is 5.16. The topological polar surface area (TPSA) is 77.2 Å². The van der Waals surface area contributed by atoms with Gasteiger partial charge in [0.05, 0.1) is 19.0 Å². The number of pyridine rings is 1. The van der Waals surface area contributed by atoms with Gasteiger partial charge in [-0.2, -0.15) is 0 Å². The number of aryl methyl sites for hydroxylation is 1. The van der Waals surface area contributed by atoms with Gasteiger partial charge in [-0.25, -0.2) is 0 Å². The number of carbonyl (C=O) groups is 1. The lowest BCUT2D eigenvalue weighted by Gasteiger charge is -2.10. The molecule has 0 unspecified atom stereocenters. The highest BCUT2D eigenvalue weighted by atomic mass is 16.5. The van der Waals surface area contributed by atoms with E-state index in [9.17, 15) is 4.79 Å². The highest BCUT2D eigenvalue weighted by Crippen LogP contribution is 2.23. The third-order valence-corrected chi connectivity index (χ3v) is 2.14. The quantitative estimate of drug-likeness (QED) is 0.707. The zero-order chi connectivity index (χ0) is 12.0. The molecule has 16 heavy (non-hydrogen) atoms. The number of anilines is 1. The number of hydrogen-bond donors (Lipinski definition) is 2. The van der Waals surface area contributed by atoms with Crippen LogP contribution in [0.15, 0.2) is 12.3 Å². The molecule has 0 saturated carbocycles. The number of nitrogens with zero attached hydrogens (tertiary/aromatic N) is 1. The van der Waals surface area contributed by atoms with Gasteiger partial charge in [0.1, 0.15) is 0 Å². The van der Waals surface area contributed by atoms with Crippen LogP contribution in [0.5, 0.6) is 5.75 Å². The van der Waals surface area contributed by atoms with Crippen LogP contribution in [-0.4, -0.2) is 24.5 Å². The third kappa shape index (κ3) is 3.76. The first-order chi connectivity index (χ1) is 7.63. The summed E-state index contributed by atoms with van der Waals surface area (Å²) in [6, 6.07) is 1.91. The molecule has 5 nitrogen and oxygen atoms in total. The Balaban J connectivity index is 2.51. The Morgan fingerprint density at radius 3 is 3.00 bits per heavy atom. The van der Waals surface area contributed by atoms with Crippen LogP contribution in [0.4, 0.5) is 5.69 Å². The van der Waals surface area contributed by atoms with Crippen LogP contribution >= 0.6 is 0 Å². The van der Waals surface area contributed by atoms with Gasteiger partial charge in [0.15, 0.2) is 5.75 Å². The van der Waals surface area contributed by atoms with Crippen molar-refractivity contribution in [1.82, 2.24) is 4.98 Å². The molecule has 3 N–H and O–H groups in total. The fourth-order valence-electron chi connectivity index (χ4n) is 1.33. The molecule has 1 heterocycles. The van der Waals surface area contributed by atoms with Crippen LogP contribution in [0.2, 0.25) is 0 Å². The largest absolute Gasteiger partial charge is 0.493 e. The van der Waals surface area contributed by atoms with Crippen LogP contribution in [-0.2, 0) is 4.79 Å². The van der Waals surface area contributed by atoms with Crippen molar-refractivity contribution in [3.63, 3.8) is 0 Å². The van der Waals surface area contributed by atoms with E-state index in [0.29, 0.717) is 25.1 Å². The molecule has 0 fully saturated rings. The van der Waals surface area contributed by atoms with Crippen molar-refractivity contribution in [3.8, 4) is 5.75 Å². The van der Waals surface area contributed by atoms with Crippen LogP contribution in [0, 0.1) is 6.92 Å². The Morgan fingerprint density at radius 1 is 1.62 bits per heavy atom. The van der Waals surface area contributed by atoms with Crippen LogP contribution in [0.1, 0.15) is 18.5 Å². The molecule has 0 bridgehead atoms. The average molecular weight is 223 g/mol. The minimum absolute atomic E-state index is 0.278. The lowest BCUT2D eigenvalue weighted by Crippen LogP contribution is -2.13. The second kappa shape index (κ2) is 5.95. The molecule has 1 aromatic heterocycles. The monoisotopic (exact) mass is 223 g/mol. The molecule has 0 aliphatic carbocycles. The third-order valence-electron chi connectivity index (χ3n) is 2.14. The maximum atomic E-state index is 10.5. The first-order valence-corrected chi connectivity index (χ1v) is 5.16. The molecule has 0 spiro atoms. The van der Waals surface area contributed by atoms with Crippen molar-refractivity contribution in [2.24, 2.45) is 5.73 Å². The first kappa shape index (κ1) is 12.3. The van der Waals surface area contributed by atoms with Gasteiger partial charge in [-0.15, -0.1) is 0 Å². The van der Waals surface area contributed by atoms with E-state index in [0.717, 1.165) is 11.4 Å². The number of ether oxygens (including phenoxy) is 1. The maximum Gasteiger partial charge on any atom is 0.217 e. The SMILES string of the molecule is COc1cnc(C)cc1NCCCC(N)=O.